The molecule has 0 unspecified atom stereocenters. The number of benzene rings is 1. The minimum Gasteiger partial charge on any atom is -0.481 e. The number of carbonyl (C=O) groups is 18. The fourth-order valence-corrected chi connectivity index (χ4v) is 11.2. The van der Waals surface area contributed by atoms with Gasteiger partial charge >= 0.3 is 13.8 Å². The minimum atomic E-state index is -5.10. The van der Waals surface area contributed by atoms with Crippen molar-refractivity contribution in [3.63, 3.8) is 0 Å². The SMILES string of the molecule is CC(=O)N[C@@H](C)C(=O)N[C@H](C(=O)N[C@@H](CCC(=O)O)C(=O)N1CCC[C@H]1C(=O)N[C@@H](CCC(N)=O)C(=O)N[C@@H](Cc1ccc(OP(=O)(O)O)cc1)C(=O)N[C@@H](CCC(N)=O)C(=O)N1CCC[C@H]1C(=O)NCC(=O)N[C@@H](CCC(N)=O)C(=O)N[C@@H](CC(N)=O)C(=O)N[C@@H](CC(C)C)C(N)=O)[C@@H](C)O. The third-order valence-electron chi connectivity index (χ3n) is 15.8. The lowest BCUT2D eigenvalue weighted by Gasteiger charge is -2.31. The van der Waals surface area contributed by atoms with E-state index in [2.05, 4.69) is 57.7 Å². The molecule has 0 aliphatic carbocycles. The van der Waals surface area contributed by atoms with Crippen LogP contribution in [0.1, 0.15) is 130 Å². The van der Waals surface area contributed by atoms with Crippen molar-refractivity contribution in [2.75, 3.05) is 19.6 Å². The summed E-state index contributed by atoms with van der Waals surface area (Å²) in [4.78, 5) is 258. The van der Waals surface area contributed by atoms with Crippen LogP contribution in [0.15, 0.2) is 24.3 Å². The minimum absolute atomic E-state index is 0.0579. The zero-order chi connectivity index (χ0) is 77.0. The van der Waals surface area contributed by atoms with Gasteiger partial charge in [-0.05, 0) is 95.2 Å². The molecular weight excluding hydrogens is 1370 g/mol. The fourth-order valence-electron chi connectivity index (χ4n) is 10.8. The van der Waals surface area contributed by atoms with E-state index < -0.39 is 258 Å². The molecular formula is C60H92N17O24P. The van der Waals surface area contributed by atoms with Crippen LogP contribution in [0.5, 0.6) is 5.75 Å². The summed E-state index contributed by atoms with van der Waals surface area (Å²) in [5.74, 6) is -19.2. The van der Waals surface area contributed by atoms with Gasteiger partial charge in [-0.3, -0.25) is 96.1 Å². The van der Waals surface area contributed by atoms with Gasteiger partial charge in [-0.25, -0.2) is 4.57 Å². The summed E-state index contributed by atoms with van der Waals surface area (Å²) in [6.45, 7) is 5.71. The van der Waals surface area contributed by atoms with Crippen LogP contribution in [0.4, 0.5) is 0 Å². The normalized spacial score (nSPS) is 17.1. The Balaban J connectivity index is 1.97. The lowest BCUT2D eigenvalue weighted by atomic mass is 10.0. The van der Waals surface area contributed by atoms with Crippen LogP contribution in [-0.4, -0.2) is 228 Å². The first-order valence-electron chi connectivity index (χ1n) is 32.3. The third kappa shape index (κ3) is 29.8. The number of carboxylic acid groups (broad SMARTS) is 1. The Hall–Kier alpha value is -10.4. The first-order chi connectivity index (χ1) is 47.6. The van der Waals surface area contributed by atoms with Gasteiger partial charge in [0.2, 0.25) is 100 Å². The van der Waals surface area contributed by atoms with E-state index in [0.29, 0.717) is 0 Å². The van der Waals surface area contributed by atoms with Crippen molar-refractivity contribution >= 4 is 114 Å². The number of hydrogen-bond acceptors (Lipinski definition) is 21. The van der Waals surface area contributed by atoms with E-state index in [1.807, 2.05) is 0 Å². The number of phosphoric acid groups is 1. The Morgan fingerprint density at radius 3 is 1.43 bits per heavy atom. The zero-order valence-corrected chi connectivity index (χ0v) is 57.6. The molecule has 41 nitrogen and oxygen atoms in total. The van der Waals surface area contributed by atoms with Gasteiger partial charge in [-0.15, -0.1) is 0 Å². The molecule has 0 aromatic heterocycles. The second-order valence-electron chi connectivity index (χ2n) is 24.8. The van der Waals surface area contributed by atoms with Crippen LogP contribution in [0, 0.1) is 5.92 Å². The molecule has 42 heteroatoms. The number of carbonyl (C=O) groups excluding carboxylic acids is 17. The molecule has 24 N–H and O–H groups in total. The number of nitrogens with one attached hydrogen (secondary N) is 10. The molecule has 566 valence electrons. The first-order valence-corrected chi connectivity index (χ1v) is 33.8. The molecule has 0 bridgehead atoms. The maximum Gasteiger partial charge on any atom is 0.524 e. The number of rotatable bonds is 43. The molecule has 0 saturated carbocycles. The van der Waals surface area contributed by atoms with Crippen LogP contribution in [-0.2, 0) is 97.3 Å². The summed E-state index contributed by atoms with van der Waals surface area (Å²) in [5.41, 5.74) is 27.2. The monoisotopic (exact) mass is 1470 g/mol. The molecule has 102 heavy (non-hydrogen) atoms. The van der Waals surface area contributed by atoms with Gasteiger partial charge in [0.1, 0.15) is 72.2 Å². The fraction of sp³-hybridized carbons (Fsp3) is 0.600. The van der Waals surface area contributed by atoms with Crippen molar-refractivity contribution in [2.24, 2.45) is 34.6 Å². The molecule has 2 heterocycles. The summed E-state index contributed by atoms with van der Waals surface area (Å²) in [7, 11) is -5.10. The van der Waals surface area contributed by atoms with Gasteiger partial charge in [0.05, 0.1) is 19.1 Å². The van der Waals surface area contributed by atoms with E-state index in [1.54, 1.807) is 13.8 Å². The first kappa shape index (κ1) is 85.8. The molecule has 12 atom stereocenters. The van der Waals surface area contributed by atoms with Gasteiger partial charge in [0, 0.05) is 52.1 Å². The Labute approximate surface area is 584 Å². The zero-order valence-electron chi connectivity index (χ0n) is 56.7. The quantitative estimate of drug-likeness (QED) is 0.0270. The number of aliphatic carboxylic acids is 1. The second kappa shape index (κ2) is 40.7. The Kier molecular flexibility index (Phi) is 34.3. The average Bonchev–Trinajstić information content (AvgIpc) is 1.60. The number of amides is 17. The summed E-state index contributed by atoms with van der Waals surface area (Å²) in [5, 5.41) is 43.5. The summed E-state index contributed by atoms with van der Waals surface area (Å²) >= 11 is 0. The number of aliphatic hydroxyl groups excluding tert-OH is 1. The van der Waals surface area contributed by atoms with Crippen LogP contribution in [0.3, 0.4) is 0 Å². The van der Waals surface area contributed by atoms with Crippen LogP contribution < -0.4 is 86.4 Å². The summed E-state index contributed by atoms with van der Waals surface area (Å²) in [6.07, 6.45) is -7.44. The highest BCUT2D eigenvalue weighted by Gasteiger charge is 2.43. The average molecular weight is 1470 g/mol. The maximum absolute atomic E-state index is 14.7. The van der Waals surface area contributed by atoms with Crippen molar-refractivity contribution in [1.82, 2.24) is 63.0 Å². The second-order valence-corrected chi connectivity index (χ2v) is 26.0. The molecule has 17 amide bonds. The number of primary amides is 5. The Morgan fingerprint density at radius 2 is 0.971 bits per heavy atom. The van der Waals surface area contributed by atoms with Gasteiger partial charge in [-0.1, -0.05) is 26.0 Å². The van der Waals surface area contributed by atoms with E-state index in [4.69, 9.17) is 28.7 Å². The van der Waals surface area contributed by atoms with Crippen molar-refractivity contribution in [2.45, 2.75) is 203 Å². The molecule has 2 saturated heterocycles. The number of likely N-dealkylation sites (tertiary alicyclic amines) is 2. The van der Waals surface area contributed by atoms with Crippen LogP contribution >= 0.6 is 7.82 Å². The molecule has 0 radical (unpaired) electrons. The lowest BCUT2D eigenvalue weighted by Crippen LogP contribution is -2.61. The summed E-state index contributed by atoms with van der Waals surface area (Å²) in [6, 6.07) is -13.0. The highest BCUT2D eigenvalue weighted by molar-refractivity contribution is 7.46. The van der Waals surface area contributed by atoms with Crippen LogP contribution in [0.25, 0.3) is 0 Å². The predicted molar refractivity (Wildman–Crippen MR) is 350 cm³/mol. The number of nitrogens with two attached hydrogens (primary N) is 5. The molecule has 2 aliphatic rings. The molecule has 0 spiro atoms. The lowest BCUT2D eigenvalue weighted by molar-refractivity contribution is -0.144. The molecule has 1 aromatic carbocycles. The standard InChI is InChI=1S/C60H92N17O24P/c1-28(2)24-38(50(65)87)72-55(92)40(26-46(64)83)74-52(89)34(14-18-43(61)80)68-47(84)27-66-56(93)41-8-6-22-76(41)59(96)36(16-20-45(63)82)70-54(91)39(25-32-10-12-33(13-11-32)101-102(98,99)100)73-53(90)35(15-19-44(62)81)69-57(94)42-9-7-23-77(42)60(97)37(17-21-48(85)86)71-58(95)49(30(4)78)75-51(88)29(3)67-31(5)79/h10-13,28-30,34-42,49,78H,6-9,14-27H2,1-5H3,(H2,61,80)(H2,62,81)(H2,63,82)(H2,64,83)(H2,65,87)(H,66,93)(H,67,79)(H,68,84)(H,69,94)(H,70,91)(H,71,95)(H,72,92)(H,73,90)(H,74,89)(H,75,88)(H,85,86)(H2,98,99,100)/t29-,30+,34-,35-,36-,37-,38-,39-,40-,41-,42-,49-/m0/s1. The Morgan fingerprint density at radius 1 is 0.529 bits per heavy atom. The molecule has 3 rings (SSSR count). The van der Waals surface area contributed by atoms with Gasteiger partial charge < -0.3 is 106 Å². The van der Waals surface area contributed by atoms with Crippen LogP contribution in [0.2, 0.25) is 0 Å². The highest BCUT2D eigenvalue weighted by atomic mass is 31.2. The number of nitrogens with zero attached hydrogens (tertiary/aromatic N) is 2. The maximum atomic E-state index is 14.7. The van der Waals surface area contributed by atoms with E-state index in [1.165, 1.54) is 19.1 Å². The van der Waals surface area contributed by atoms with E-state index >= 15 is 0 Å². The smallest absolute Gasteiger partial charge is 0.481 e. The number of phosphoric ester groups is 1. The third-order valence-corrected chi connectivity index (χ3v) is 16.2. The molecule has 1 aromatic rings. The van der Waals surface area contributed by atoms with Gasteiger partial charge in [-0.2, -0.15) is 0 Å². The van der Waals surface area contributed by atoms with Gasteiger partial charge in [0.25, 0.3) is 0 Å². The van der Waals surface area contributed by atoms with E-state index in [0.717, 1.165) is 35.8 Å². The Bertz CT molecular complexity index is 3330. The molecule has 2 fully saturated rings. The van der Waals surface area contributed by atoms with Crippen molar-refractivity contribution in [3.05, 3.63) is 29.8 Å². The topological polar surface area (TPSA) is 671 Å². The van der Waals surface area contributed by atoms with Crippen molar-refractivity contribution in [3.8, 4) is 5.75 Å². The van der Waals surface area contributed by atoms with E-state index in [9.17, 15) is 111 Å². The number of hydrogen-bond donors (Lipinski definition) is 19. The number of carboxylic acids is 1. The van der Waals surface area contributed by atoms with Crippen molar-refractivity contribution < 1.29 is 115 Å². The van der Waals surface area contributed by atoms with Gasteiger partial charge in [0.15, 0.2) is 0 Å². The largest absolute Gasteiger partial charge is 0.524 e. The van der Waals surface area contributed by atoms with E-state index in [-0.39, 0.29) is 62.4 Å². The highest BCUT2D eigenvalue weighted by Crippen LogP contribution is 2.37. The number of aliphatic hydroxyl groups is 1. The predicted octanol–water partition coefficient (Wildman–Crippen LogP) is -8.35. The molecule has 2 aliphatic heterocycles. The van der Waals surface area contributed by atoms with Crippen molar-refractivity contribution in [1.29, 1.82) is 0 Å². The summed E-state index contributed by atoms with van der Waals surface area (Å²) < 4.78 is 16.2.